The van der Waals surface area contributed by atoms with Crippen LogP contribution in [0.25, 0.3) is 0 Å². The lowest BCUT2D eigenvalue weighted by atomic mass is 9.97. The first-order chi connectivity index (χ1) is 11.1. The third kappa shape index (κ3) is 6.40. The number of nitrogens with one attached hydrogen (secondary N) is 2. The number of anilines is 1. The first-order valence-corrected chi connectivity index (χ1v) is 8.46. The zero-order valence-corrected chi connectivity index (χ0v) is 14.3. The molecule has 0 fully saturated rings. The third-order valence-corrected chi connectivity index (χ3v) is 4.00. The van der Waals surface area contributed by atoms with E-state index in [1.165, 1.54) is 25.7 Å². The summed E-state index contributed by atoms with van der Waals surface area (Å²) >= 11 is 0. The van der Waals surface area contributed by atoms with Crippen molar-refractivity contribution < 1.29 is 4.79 Å². The van der Waals surface area contributed by atoms with Crippen LogP contribution in [0.15, 0.2) is 30.0 Å². The van der Waals surface area contributed by atoms with Crippen molar-refractivity contribution in [2.24, 2.45) is 0 Å². The molecule has 0 aliphatic heterocycles. The van der Waals surface area contributed by atoms with E-state index < -0.39 is 0 Å². The van der Waals surface area contributed by atoms with E-state index in [9.17, 15) is 4.79 Å². The first-order valence-electron chi connectivity index (χ1n) is 8.46. The Labute approximate surface area is 139 Å². The van der Waals surface area contributed by atoms with Crippen LogP contribution < -0.4 is 10.6 Å². The summed E-state index contributed by atoms with van der Waals surface area (Å²) < 4.78 is 0. The quantitative estimate of drug-likeness (QED) is 0.724. The zero-order valence-electron chi connectivity index (χ0n) is 14.3. The van der Waals surface area contributed by atoms with E-state index in [2.05, 4.69) is 21.7 Å². The van der Waals surface area contributed by atoms with Crippen LogP contribution in [0.1, 0.15) is 42.6 Å². The number of hydrogen-bond donors (Lipinski definition) is 2. The van der Waals surface area contributed by atoms with E-state index >= 15 is 0 Å². The van der Waals surface area contributed by atoms with Crippen molar-refractivity contribution in [2.75, 3.05) is 39.0 Å². The number of nitrogens with zero attached hydrogens (tertiary/aromatic N) is 2. The number of hydrogen-bond acceptors (Lipinski definition) is 4. The van der Waals surface area contributed by atoms with Crippen molar-refractivity contribution in [3.63, 3.8) is 0 Å². The first kappa shape index (κ1) is 17.5. The average Bonchev–Trinajstić information content (AvgIpc) is 2.56. The van der Waals surface area contributed by atoms with Crippen LogP contribution in [-0.4, -0.2) is 49.5 Å². The maximum atomic E-state index is 12.1. The summed E-state index contributed by atoms with van der Waals surface area (Å²) in [6.07, 6.45) is 10.2. The molecule has 2 rings (SSSR count). The van der Waals surface area contributed by atoms with Gasteiger partial charge in [0.2, 0.25) is 0 Å². The fourth-order valence-electron chi connectivity index (χ4n) is 2.65. The van der Waals surface area contributed by atoms with Gasteiger partial charge in [0, 0.05) is 31.5 Å². The highest BCUT2D eigenvalue weighted by Gasteiger charge is 2.08. The van der Waals surface area contributed by atoms with E-state index in [-0.39, 0.29) is 5.91 Å². The molecule has 0 aromatic carbocycles. The molecule has 1 heterocycles. The predicted octanol–water partition coefficient (Wildman–Crippen LogP) is 2.68. The van der Waals surface area contributed by atoms with Gasteiger partial charge >= 0.3 is 0 Å². The molecule has 1 aliphatic rings. The van der Waals surface area contributed by atoms with Crippen molar-refractivity contribution in [3.05, 3.63) is 35.7 Å². The van der Waals surface area contributed by atoms with E-state index in [0.717, 1.165) is 25.2 Å². The maximum Gasteiger partial charge on any atom is 0.269 e. The van der Waals surface area contributed by atoms with Crippen molar-refractivity contribution in [1.82, 2.24) is 15.2 Å². The molecule has 0 atom stereocenters. The minimum absolute atomic E-state index is 0.120. The second kappa shape index (κ2) is 9.30. The number of allylic oxidation sites excluding steroid dienone is 1. The monoisotopic (exact) mass is 316 g/mol. The summed E-state index contributed by atoms with van der Waals surface area (Å²) in [6, 6.07) is 3.73. The Kier molecular flexibility index (Phi) is 7.07. The Hall–Kier alpha value is -1.88. The van der Waals surface area contributed by atoms with Crippen LogP contribution in [0.2, 0.25) is 0 Å². The molecular weight excluding hydrogens is 288 g/mol. The fraction of sp³-hybridized carbons (Fsp3) is 0.556. The Balaban J connectivity index is 1.79. The Morgan fingerprint density at radius 2 is 2.17 bits per heavy atom. The summed E-state index contributed by atoms with van der Waals surface area (Å²) in [5, 5.41) is 6.28. The van der Waals surface area contributed by atoms with Gasteiger partial charge in [-0.1, -0.05) is 11.6 Å². The number of pyridine rings is 1. The Morgan fingerprint density at radius 3 is 2.91 bits per heavy atom. The molecule has 0 spiro atoms. The van der Waals surface area contributed by atoms with E-state index in [4.69, 9.17) is 0 Å². The molecular formula is C18H28N4O. The third-order valence-electron chi connectivity index (χ3n) is 4.00. The van der Waals surface area contributed by atoms with Gasteiger partial charge in [-0.2, -0.15) is 0 Å². The smallest absolute Gasteiger partial charge is 0.269 e. The molecule has 1 aromatic heterocycles. The van der Waals surface area contributed by atoms with Crippen LogP contribution in [0.3, 0.4) is 0 Å². The number of amides is 1. The number of carbonyl (C=O) groups is 1. The van der Waals surface area contributed by atoms with Crippen LogP contribution in [0.4, 0.5) is 5.69 Å². The lowest BCUT2D eigenvalue weighted by Crippen LogP contribution is -2.31. The van der Waals surface area contributed by atoms with Gasteiger partial charge in [-0.15, -0.1) is 0 Å². The molecule has 5 nitrogen and oxygen atoms in total. The van der Waals surface area contributed by atoms with Crippen molar-refractivity contribution in [1.29, 1.82) is 0 Å². The summed E-state index contributed by atoms with van der Waals surface area (Å²) in [5.41, 5.74) is 2.97. The van der Waals surface area contributed by atoms with Crippen molar-refractivity contribution in [3.8, 4) is 0 Å². The summed E-state index contributed by atoms with van der Waals surface area (Å²) in [4.78, 5) is 18.3. The van der Waals surface area contributed by atoms with Gasteiger partial charge in [0.25, 0.3) is 5.91 Å². The molecule has 126 valence electrons. The van der Waals surface area contributed by atoms with E-state index in [1.54, 1.807) is 11.8 Å². The second-order valence-electron chi connectivity index (χ2n) is 6.27. The van der Waals surface area contributed by atoms with Crippen LogP contribution in [0, 0.1) is 0 Å². The van der Waals surface area contributed by atoms with Crippen LogP contribution in [0.5, 0.6) is 0 Å². The normalized spacial score (nSPS) is 14.5. The van der Waals surface area contributed by atoms with Crippen molar-refractivity contribution >= 4 is 11.6 Å². The van der Waals surface area contributed by atoms with Gasteiger partial charge in [-0.25, -0.2) is 0 Å². The molecule has 0 bridgehead atoms. The van der Waals surface area contributed by atoms with E-state index in [1.807, 2.05) is 31.1 Å². The molecule has 0 radical (unpaired) electrons. The molecule has 0 saturated carbocycles. The predicted molar refractivity (Wildman–Crippen MR) is 94.8 cm³/mol. The SMILES string of the molecule is CN(C)CCNC(=O)c1cc(NCCC2=CCCCC2)ccn1. The zero-order chi connectivity index (χ0) is 16.5. The highest BCUT2D eigenvalue weighted by molar-refractivity contribution is 5.93. The Morgan fingerprint density at radius 1 is 1.30 bits per heavy atom. The van der Waals surface area contributed by atoms with E-state index in [0.29, 0.717) is 12.2 Å². The van der Waals surface area contributed by atoms with Crippen molar-refractivity contribution in [2.45, 2.75) is 32.1 Å². The summed E-state index contributed by atoms with van der Waals surface area (Å²) in [7, 11) is 3.97. The second-order valence-corrected chi connectivity index (χ2v) is 6.27. The maximum absolute atomic E-state index is 12.1. The summed E-state index contributed by atoms with van der Waals surface area (Å²) in [6.45, 7) is 2.34. The van der Waals surface area contributed by atoms with Crippen LogP contribution >= 0.6 is 0 Å². The topological polar surface area (TPSA) is 57.3 Å². The molecule has 1 aliphatic carbocycles. The van der Waals surface area contributed by atoms with Gasteiger partial charge < -0.3 is 15.5 Å². The molecule has 23 heavy (non-hydrogen) atoms. The van der Waals surface area contributed by atoms with Gasteiger partial charge in [0.05, 0.1) is 0 Å². The fourth-order valence-corrected chi connectivity index (χ4v) is 2.65. The number of carbonyl (C=O) groups excluding carboxylic acids is 1. The molecule has 1 amide bonds. The number of aromatic nitrogens is 1. The lowest BCUT2D eigenvalue weighted by Gasteiger charge is -2.14. The highest BCUT2D eigenvalue weighted by atomic mass is 16.1. The molecule has 1 aromatic rings. The van der Waals surface area contributed by atoms with Gasteiger partial charge in [-0.05, 0) is 58.3 Å². The standard InChI is InChI=1S/C18H28N4O/c1-22(2)13-12-21-18(23)17-14-16(9-11-20-17)19-10-8-15-6-4-3-5-7-15/h6,9,11,14H,3-5,7-8,10,12-13H2,1-2H3,(H,19,20)(H,21,23). The van der Waals surface area contributed by atoms with Crippen LogP contribution in [-0.2, 0) is 0 Å². The van der Waals surface area contributed by atoms with Gasteiger partial charge in [0.15, 0.2) is 0 Å². The van der Waals surface area contributed by atoms with Gasteiger partial charge in [-0.3, -0.25) is 9.78 Å². The summed E-state index contributed by atoms with van der Waals surface area (Å²) in [5.74, 6) is -0.120. The minimum Gasteiger partial charge on any atom is -0.385 e. The lowest BCUT2D eigenvalue weighted by molar-refractivity contribution is 0.0946. The Bertz CT molecular complexity index is 540. The molecule has 0 saturated heterocycles. The number of rotatable bonds is 8. The molecule has 2 N–H and O–H groups in total. The minimum atomic E-state index is -0.120. The average molecular weight is 316 g/mol. The molecule has 0 unspecified atom stereocenters. The molecule has 5 heteroatoms. The van der Waals surface area contributed by atoms with Gasteiger partial charge in [0.1, 0.15) is 5.69 Å². The largest absolute Gasteiger partial charge is 0.385 e. The number of likely N-dealkylation sites (N-methyl/N-ethyl adjacent to an activating group) is 1. The highest BCUT2D eigenvalue weighted by Crippen LogP contribution is 2.20.